The van der Waals surface area contributed by atoms with Gasteiger partial charge in [0, 0.05) is 0 Å². The first-order valence-corrected chi connectivity index (χ1v) is 3.93. The predicted octanol–water partition coefficient (Wildman–Crippen LogP) is -0.518. The number of hydrogen-bond acceptors (Lipinski definition) is 3. The Kier molecular flexibility index (Phi) is 3.49. The fourth-order valence-electron chi connectivity index (χ4n) is 0.759. The van der Waals surface area contributed by atoms with Crippen LogP contribution in [-0.4, -0.2) is 11.0 Å². The number of hydrogen-bond donors (Lipinski definition) is 1. The summed E-state index contributed by atoms with van der Waals surface area (Å²) in [5.74, 6) is -1.42. The Morgan fingerprint density at radius 2 is 2.43 bits per heavy atom. The molecule has 5 nitrogen and oxygen atoms in total. The van der Waals surface area contributed by atoms with Crippen LogP contribution in [0.15, 0.2) is 41.5 Å². The monoisotopic (exact) mass is 194 g/mol. The first-order chi connectivity index (χ1) is 6.70. The minimum atomic E-state index is -1.28. The van der Waals surface area contributed by atoms with Gasteiger partial charge in [-0.05, 0) is 12.1 Å². The Morgan fingerprint density at radius 1 is 1.64 bits per heavy atom. The van der Waals surface area contributed by atoms with Gasteiger partial charge in [-0.3, -0.25) is 4.98 Å². The molecule has 2 aromatic rings. The van der Waals surface area contributed by atoms with Crippen LogP contribution in [0, 0.1) is 0 Å². The Bertz CT molecular complexity index is 365. The van der Waals surface area contributed by atoms with Crippen LogP contribution < -0.4 is 9.67 Å². The van der Waals surface area contributed by atoms with E-state index >= 15 is 0 Å². The number of aryl methyl sites for hydroxylation is 1. The molecule has 0 spiro atoms. The minimum Gasteiger partial charge on any atom is -0.542 e. The van der Waals surface area contributed by atoms with E-state index < -0.39 is 5.97 Å². The summed E-state index contributed by atoms with van der Waals surface area (Å²) in [6.07, 6.45) is 6.98. The number of aromatic amines is 1. The zero-order chi connectivity index (χ0) is 10.4. The van der Waals surface area contributed by atoms with Crippen molar-refractivity contribution < 1.29 is 18.9 Å². The Labute approximate surface area is 80.6 Å². The molecule has 0 unspecified atom stereocenters. The molecule has 2 rings (SSSR count). The van der Waals surface area contributed by atoms with Gasteiger partial charge >= 0.3 is 0 Å². The smallest absolute Gasteiger partial charge is 0.241 e. The highest BCUT2D eigenvalue weighted by Crippen LogP contribution is 1.95. The lowest BCUT2D eigenvalue weighted by Crippen LogP contribution is -2.22. The molecule has 0 amide bonds. The number of carboxylic acid groups (broad SMARTS) is 1. The molecule has 0 saturated heterocycles. The van der Waals surface area contributed by atoms with Crippen LogP contribution in [0.25, 0.3) is 0 Å². The van der Waals surface area contributed by atoms with E-state index in [1.165, 1.54) is 18.4 Å². The SMILES string of the molecule is C[n+]1cc[nH]c1.O=C([O-])c1ccco1. The van der Waals surface area contributed by atoms with Gasteiger partial charge < -0.3 is 14.3 Å². The third kappa shape index (κ3) is 3.14. The van der Waals surface area contributed by atoms with Crippen molar-refractivity contribution in [3.63, 3.8) is 0 Å². The maximum Gasteiger partial charge on any atom is 0.241 e. The zero-order valence-corrected chi connectivity index (χ0v) is 7.64. The van der Waals surface area contributed by atoms with Gasteiger partial charge in [-0.2, -0.15) is 0 Å². The molecule has 1 N–H and O–H groups in total. The molecule has 74 valence electrons. The van der Waals surface area contributed by atoms with Crippen molar-refractivity contribution in [1.29, 1.82) is 0 Å². The van der Waals surface area contributed by atoms with E-state index in [2.05, 4.69) is 9.40 Å². The molecule has 0 radical (unpaired) electrons. The first-order valence-electron chi connectivity index (χ1n) is 3.93. The summed E-state index contributed by atoms with van der Waals surface area (Å²) in [6.45, 7) is 0. The van der Waals surface area contributed by atoms with Crippen molar-refractivity contribution in [1.82, 2.24) is 4.98 Å². The van der Waals surface area contributed by atoms with Gasteiger partial charge in [-0.25, -0.2) is 4.57 Å². The minimum absolute atomic E-state index is 0.134. The molecule has 0 aliphatic heterocycles. The lowest BCUT2D eigenvalue weighted by molar-refractivity contribution is -0.670. The third-order valence-corrected chi connectivity index (χ3v) is 1.41. The highest BCUT2D eigenvalue weighted by atomic mass is 16.4. The van der Waals surface area contributed by atoms with Crippen molar-refractivity contribution in [2.24, 2.45) is 7.05 Å². The number of H-pyrrole nitrogens is 1. The first kappa shape index (κ1) is 10.0. The van der Waals surface area contributed by atoms with Crippen molar-refractivity contribution in [2.75, 3.05) is 0 Å². The van der Waals surface area contributed by atoms with Crippen molar-refractivity contribution in [3.05, 3.63) is 42.9 Å². The fraction of sp³-hybridized carbons (Fsp3) is 0.111. The number of carbonyl (C=O) groups excluding carboxylic acids is 1. The Morgan fingerprint density at radius 3 is 2.64 bits per heavy atom. The maximum atomic E-state index is 9.86. The van der Waals surface area contributed by atoms with Crippen LogP contribution in [0.2, 0.25) is 0 Å². The Balaban J connectivity index is 0.000000146. The topological polar surface area (TPSA) is 72.9 Å². The van der Waals surface area contributed by atoms with Gasteiger partial charge in [0.2, 0.25) is 6.33 Å². The number of carbonyl (C=O) groups is 1. The summed E-state index contributed by atoms with van der Waals surface area (Å²) < 4.78 is 6.38. The van der Waals surface area contributed by atoms with Crippen LogP contribution in [0.1, 0.15) is 10.6 Å². The van der Waals surface area contributed by atoms with E-state index in [1.807, 2.05) is 30.3 Å². The normalized spacial score (nSPS) is 8.93. The summed E-state index contributed by atoms with van der Waals surface area (Å²) >= 11 is 0. The molecule has 0 aromatic carbocycles. The molecular weight excluding hydrogens is 184 g/mol. The van der Waals surface area contributed by atoms with Gasteiger partial charge in [-0.15, -0.1) is 0 Å². The molecule has 0 atom stereocenters. The fourth-order valence-corrected chi connectivity index (χ4v) is 0.759. The zero-order valence-electron chi connectivity index (χ0n) is 7.64. The van der Waals surface area contributed by atoms with E-state index in [0.29, 0.717) is 0 Å². The molecule has 14 heavy (non-hydrogen) atoms. The van der Waals surface area contributed by atoms with Crippen LogP contribution in [0.3, 0.4) is 0 Å². The quantitative estimate of drug-likeness (QED) is 0.621. The van der Waals surface area contributed by atoms with Crippen molar-refractivity contribution >= 4 is 5.97 Å². The number of aromatic carboxylic acids is 1. The average Bonchev–Trinajstić information content (AvgIpc) is 2.75. The number of nitrogens with one attached hydrogen (secondary N) is 1. The van der Waals surface area contributed by atoms with Crippen LogP contribution >= 0.6 is 0 Å². The molecular formula is C9H10N2O3. The highest BCUT2D eigenvalue weighted by molar-refractivity contribution is 5.82. The molecule has 5 heteroatoms. The van der Waals surface area contributed by atoms with Gasteiger partial charge in [-0.1, -0.05) is 0 Å². The number of rotatable bonds is 1. The molecule has 0 bridgehead atoms. The third-order valence-electron chi connectivity index (χ3n) is 1.41. The van der Waals surface area contributed by atoms with E-state index in [1.54, 1.807) is 0 Å². The summed E-state index contributed by atoms with van der Waals surface area (Å²) in [6, 6.07) is 2.82. The van der Waals surface area contributed by atoms with Gasteiger partial charge in [0.1, 0.15) is 24.1 Å². The standard InChI is InChI=1S/C5H4O3.C4H6N2/c6-5(7)4-2-1-3-8-4;1-6-3-2-5-4-6/h1-3H,(H,6,7);2-4H,1H3. The van der Waals surface area contributed by atoms with Crippen molar-refractivity contribution in [2.45, 2.75) is 0 Å². The molecule has 2 heterocycles. The van der Waals surface area contributed by atoms with Gasteiger partial charge in [0.25, 0.3) is 0 Å². The lowest BCUT2D eigenvalue weighted by atomic mass is 10.5. The summed E-state index contributed by atoms with van der Waals surface area (Å²) in [5.41, 5.74) is 0. The van der Waals surface area contributed by atoms with E-state index in [0.717, 1.165) is 0 Å². The van der Waals surface area contributed by atoms with Crippen molar-refractivity contribution in [3.8, 4) is 0 Å². The van der Waals surface area contributed by atoms with E-state index in [4.69, 9.17) is 0 Å². The summed E-state index contributed by atoms with van der Waals surface area (Å²) in [4.78, 5) is 12.7. The summed E-state index contributed by atoms with van der Waals surface area (Å²) in [7, 11) is 1.97. The number of furan rings is 1. The second kappa shape index (κ2) is 4.86. The molecule has 0 saturated carbocycles. The molecule has 0 aliphatic carbocycles. The lowest BCUT2D eigenvalue weighted by Gasteiger charge is -1.91. The number of aromatic nitrogens is 2. The maximum absolute atomic E-state index is 9.86. The molecule has 0 aliphatic rings. The molecule has 0 fully saturated rings. The number of nitrogens with zero attached hydrogens (tertiary/aromatic N) is 1. The van der Waals surface area contributed by atoms with E-state index in [9.17, 15) is 9.90 Å². The Hall–Kier alpha value is -2.04. The molecule has 2 aromatic heterocycles. The van der Waals surface area contributed by atoms with Gasteiger partial charge in [0.15, 0.2) is 0 Å². The second-order valence-corrected chi connectivity index (χ2v) is 2.54. The number of carboxylic acids is 1. The number of imidazole rings is 1. The average molecular weight is 194 g/mol. The predicted molar refractivity (Wildman–Crippen MR) is 45.0 cm³/mol. The van der Waals surface area contributed by atoms with E-state index in [-0.39, 0.29) is 5.76 Å². The second-order valence-electron chi connectivity index (χ2n) is 2.54. The summed E-state index contributed by atoms with van der Waals surface area (Å²) in [5, 5.41) is 9.86. The largest absolute Gasteiger partial charge is 0.542 e. The highest BCUT2D eigenvalue weighted by Gasteiger charge is 1.90. The van der Waals surface area contributed by atoms with Crippen LogP contribution in [0.4, 0.5) is 0 Å². The van der Waals surface area contributed by atoms with Crippen LogP contribution in [-0.2, 0) is 7.05 Å². The van der Waals surface area contributed by atoms with Gasteiger partial charge in [0.05, 0.1) is 13.3 Å². The van der Waals surface area contributed by atoms with Crippen LogP contribution in [0.5, 0.6) is 0 Å².